The molecular formula is C15H15ClN2O2. The molecule has 0 radical (unpaired) electrons. The maximum atomic E-state index is 11.3. The molecule has 0 saturated carbocycles. The molecule has 0 spiro atoms. The second-order valence-corrected chi connectivity index (χ2v) is 5.03. The summed E-state index contributed by atoms with van der Waals surface area (Å²) in [5, 5.41) is 9.66. The van der Waals surface area contributed by atoms with E-state index in [-0.39, 0.29) is 5.56 Å². The van der Waals surface area contributed by atoms with Crippen molar-refractivity contribution in [2.75, 3.05) is 11.9 Å². The second kappa shape index (κ2) is 5.92. The minimum atomic E-state index is -0.994. The van der Waals surface area contributed by atoms with Gasteiger partial charge in [-0.05, 0) is 37.3 Å². The molecule has 0 aliphatic carbocycles. The molecule has 0 saturated heterocycles. The molecule has 1 aromatic carbocycles. The number of pyridine rings is 1. The molecule has 0 atom stereocenters. The zero-order chi connectivity index (χ0) is 14.7. The molecule has 4 nitrogen and oxygen atoms in total. The van der Waals surface area contributed by atoms with Crippen LogP contribution < -0.4 is 4.90 Å². The quantitative estimate of drug-likeness (QED) is 0.938. The lowest BCUT2D eigenvalue weighted by Gasteiger charge is -2.21. The smallest absolute Gasteiger partial charge is 0.337 e. The Labute approximate surface area is 122 Å². The van der Waals surface area contributed by atoms with Gasteiger partial charge in [-0.1, -0.05) is 17.7 Å². The number of aromatic carboxylic acids is 1. The van der Waals surface area contributed by atoms with Crippen molar-refractivity contribution < 1.29 is 9.90 Å². The number of rotatable bonds is 4. The Morgan fingerprint density at radius 2 is 2.10 bits per heavy atom. The normalized spacial score (nSPS) is 10.3. The minimum absolute atomic E-state index is 0.188. The Hall–Kier alpha value is -2.07. The monoisotopic (exact) mass is 290 g/mol. The van der Waals surface area contributed by atoms with Gasteiger partial charge in [-0.25, -0.2) is 4.79 Å². The van der Waals surface area contributed by atoms with Crippen molar-refractivity contribution in [3.05, 3.63) is 58.4 Å². The van der Waals surface area contributed by atoms with E-state index in [1.165, 1.54) is 6.07 Å². The van der Waals surface area contributed by atoms with E-state index < -0.39 is 5.97 Å². The zero-order valence-electron chi connectivity index (χ0n) is 11.3. The third-order valence-corrected chi connectivity index (χ3v) is 3.18. The zero-order valence-corrected chi connectivity index (χ0v) is 12.1. The summed E-state index contributed by atoms with van der Waals surface area (Å²) in [5.74, 6) is -0.994. The largest absolute Gasteiger partial charge is 0.478 e. The molecule has 2 rings (SSSR count). The third-order valence-electron chi connectivity index (χ3n) is 2.95. The van der Waals surface area contributed by atoms with Crippen LogP contribution in [-0.2, 0) is 6.54 Å². The molecule has 104 valence electrons. The number of carboxylic acids is 1. The fraction of sp³-hybridized carbons (Fsp3) is 0.200. The lowest BCUT2D eigenvalue weighted by molar-refractivity contribution is 0.0697. The maximum absolute atomic E-state index is 11.3. The molecule has 1 aromatic heterocycles. The van der Waals surface area contributed by atoms with Crippen LogP contribution in [0.1, 0.15) is 21.7 Å². The third kappa shape index (κ3) is 3.27. The molecule has 20 heavy (non-hydrogen) atoms. The van der Waals surface area contributed by atoms with E-state index in [9.17, 15) is 9.90 Å². The summed E-state index contributed by atoms with van der Waals surface area (Å²) in [4.78, 5) is 17.5. The highest BCUT2D eigenvalue weighted by atomic mass is 35.5. The number of hydrogen-bond acceptors (Lipinski definition) is 3. The summed E-state index contributed by atoms with van der Waals surface area (Å²) in [6.45, 7) is 2.46. The summed E-state index contributed by atoms with van der Waals surface area (Å²) < 4.78 is 0. The van der Waals surface area contributed by atoms with Crippen LogP contribution in [0.3, 0.4) is 0 Å². The van der Waals surface area contributed by atoms with Crippen LogP contribution in [0.5, 0.6) is 0 Å². The number of aryl methyl sites for hydroxylation is 1. The summed E-state index contributed by atoms with van der Waals surface area (Å²) in [6, 6.07) is 10.6. The van der Waals surface area contributed by atoms with Gasteiger partial charge in [0.1, 0.15) is 0 Å². The first-order chi connectivity index (χ1) is 9.47. The van der Waals surface area contributed by atoms with Crippen molar-refractivity contribution in [2.24, 2.45) is 0 Å². The van der Waals surface area contributed by atoms with Gasteiger partial charge in [-0.3, -0.25) is 4.98 Å². The number of carboxylic acid groups (broad SMARTS) is 1. The highest BCUT2D eigenvalue weighted by molar-refractivity contribution is 6.31. The highest BCUT2D eigenvalue weighted by Crippen LogP contribution is 2.24. The maximum Gasteiger partial charge on any atom is 0.337 e. The molecular weight excluding hydrogens is 276 g/mol. The first-order valence-corrected chi connectivity index (χ1v) is 6.51. The summed E-state index contributed by atoms with van der Waals surface area (Å²) in [7, 11) is 1.83. The lowest BCUT2D eigenvalue weighted by atomic mass is 10.1. The van der Waals surface area contributed by atoms with Crippen LogP contribution in [0.4, 0.5) is 5.69 Å². The molecule has 0 unspecified atom stereocenters. The van der Waals surface area contributed by atoms with Crippen molar-refractivity contribution >= 4 is 23.3 Å². The van der Waals surface area contributed by atoms with E-state index in [0.717, 1.165) is 11.4 Å². The summed E-state index contributed by atoms with van der Waals surface area (Å²) >= 11 is 5.85. The predicted octanol–water partition coefficient (Wildman–Crippen LogP) is 3.38. The number of aromatic nitrogens is 1. The van der Waals surface area contributed by atoms with Gasteiger partial charge in [-0.15, -0.1) is 0 Å². The number of anilines is 1. The van der Waals surface area contributed by atoms with Crippen LogP contribution in [0, 0.1) is 6.92 Å². The van der Waals surface area contributed by atoms with Gasteiger partial charge in [0.15, 0.2) is 0 Å². The number of benzene rings is 1. The fourth-order valence-electron chi connectivity index (χ4n) is 2.03. The average molecular weight is 291 g/mol. The van der Waals surface area contributed by atoms with Crippen molar-refractivity contribution in [2.45, 2.75) is 13.5 Å². The Morgan fingerprint density at radius 3 is 2.75 bits per heavy atom. The first-order valence-electron chi connectivity index (χ1n) is 6.14. The second-order valence-electron chi connectivity index (χ2n) is 4.59. The van der Waals surface area contributed by atoms with E-state index >= 15 is 0 Å². The molecule has 2 aromatic rings. The van der Waals surface area contributed by atoms with E-state index in [1.807, 2.05) is 37.1 Å². The highest BCUT2D eigenvalue weighted by Gasteiger charge is 2.14. The molecule has 5 heteroatoms. The van der Waals surface area contributed by atoms with Crippen LogP contribution in [0.15, 0.2) is 36.4 Å². The standard InChI is InChI=1S/C15H15ClN2O2/c1-10-4-3-5-12(17-10)9-18(2)14-7-6-11(16)8-13(14)15(19)20/h3-8H,9H2,1-2H3,(H,19,20). The van der Waals surface area contributed by atoms with Crippen LogP contribution in [0.2, 0.25) is 5.02 Å². The van der Waals surface area contributed by atoms with E-state index in [0.29, 0.717) is 17.3 Å². The van der Waals surface area contributed by atoms with E-state index in [2.05, 4.69) is 4.98 Å². The van der Waals surface area contributed by atoms with Crippen molar-refractivity contribution in [3.63, 3.8) is 0 Å². The SMILES string of the molecule is Cc1cccc(CN(C)c2ccc(Cl)cc2C(=O)O)n1. The fourth-order valence-corrected chi connectivity index (χ4v) is 2.20. The van der Waals surface area contributed by atoms with Crippen molar-refractivity contribution in [3.8, 4) is 0 Å². The van der Waals surface area contributed by atoms with Gasteiger partial charge in [-0.2, -0.15) is 0 Å². The first kappa shape index (κ1) is 14.3. The Morgan fingerprint density at radius 1 is 1.35 bits per heavy atom. The molecule has 1 N–H and O–H groups in total. The predicted molar refractivity (Wildman–Crippen MR) is 79.5 cm³/mol. The average Bonchev–Trinajstić information content (AvgIpc) is 2.38. The molecule has 0 aliphatic heterocycles. The molecule has 1 heterocycles. The Kier molecular flexibility index (Phi) is 4.25. The summed E-state index contributed by atoms with van der Waals surface area (Å²) in [5.41, 5.74) is 2.63. The van der Waals surface area contributed by atoms with Crippen molar-refractivity contribution in [1.29, 1.82) is 0 Å². The van der Waals surface area contributed by atoms with Crippen LogP contribution in [-0.4, -0.2) is 23.1 Å². The van der Waals surface area contributed by atoms with Gasteiger partial charge >= 0.3 is 5.97 Å². The Balaban J connectivity index is 2.29. The van der Waals surface area contributed by atoms with E-state index in [4.69, 9.17) is 11.6 Å². The van der Waals surface area contributed by atoms with Crippen molar-refractivity contribution in [1.82, 2.24) is 4.98 Å². The van der Waals surface area contributed by atoms with Gasteiger partial charge < -0.3 is 10.0 Å². The van der Waals surface area contributed by atoms with Gasteiger partial charge in [0.05, 0.1) is 23.5 Å². The van der Waals surface area contributed by atoms with E-state index in [1.54, 1.807) is 12.1 Å². The number of halogens is 1. The van der Waals surface area contributed by atoms with Crippen LogP contribution >= 0.6 is 11.6 Å². The molecule has 0 bridgehead atoms. The molecule has 0 aliphatic rings. The minimum Gasteiger partial charge on any atom is -0.478 e. The van der Waals surface area contributed by atoms with Crippen LogP contribution in [0.25, 0.3) is 0 Å². The van der Waals surface area contributed by atoms with Gasteiger partial charge in [0.2, 0.25) is 0 Å². The Bertz CT molecular complexity index is 644. The lowest BCUT2D eigenvalue weighted by Crippen LogP contribution is -2.20. The summed E-state index contributed by atoms with van der Waals surface area (Å²) in [6.07, 6.45) is 0. The number of nitrogens with zero attached hydrogens (tertiary/aromatic N) is 2. The van der Waals surface area contributed by atoms with Gasteiger partial charge in [0, 0.05) is 17.8 Å². The number of hydrogen-bond donors (Lipinski definition) is 1. The van der Waals surface area contributed by atoms with Gasteiger partial charge in [0.25, 0.3) is 0 Å². The number of carbonyl (C=O) groups is 1. The topological polar surface area (TPSA) is 53.4 Å². The molecule has 0 fully saturated rings. The molecule has 0 amide bonds.